The summed E-state index contributed by atoms with van der Waals surface area (Å²) in [6.07, 6.45) is 1.15. The van der Waals surface area contributed by atoms with Crippen LogP contribution in [0.3, 0.4) is 0 Å². The predicted molar refractivity (Wildman–Crippen MR) is 60.5 cm³/mol. The minimum absolute atomic E-state index is 0.569. The van der Waals surface area contributed by atoms with E-state index in [1.807, 2.05) is 12.1 Å². The van der Waals surface area contributed by atoms with E-state index in [0.717, 1.165) is 18.7 Å². The molecule has 0 radical (unpaired) electrons. The molecule has 0 aromatic carbocycles. The first kappa shape index (κ1) is 11.5. The van der Waals surface area contributed by atoms with Gasteiger partial charge in [-0.25, -0.2) is 4.98 Å². The van der Waals surface area contributed by atoms with Gasteiger partial charge in [0.25, 0.3) is 0 Å². The van der Waals surface area contributed by atoms with Gasteiger partial charge in [0.1, 0.15) is 5.15 Å². The lowest BCUT2D eigenvalue weighted by Crippen LogP contribution is -2.28. The summed E-state index contributed by atoms with van der Waals surface area (Å²) < 4.78 is 0. The lowest BCUT2D eigenvalue weighted by atomic mass is 10.2. The fraction of sp³-hybridized carbons (Fsp3) is 0.545. The van der Waals surface area contributed by atoms with E-state index in [4.69, 9.17) is 11.6 Å². The Kier molecular flexibility index (Phi) is 4.36. The molecular formula is C11H17ClN2. The molecule has 1 unspecified atom stereocenters. The fourth-order valence-electron chi connectivity index (χ4n) is 1.26. The molecule has 1 atom stereocenters. The number of nitrogens with zero attached hydrogens (tertiary/aromatic N) is 2. The van der Waals surface area contributed by atoms with Crippen molar-refractivity contribution in [3.8, 4) is 0 Å². The maximum absolute atomic E-state index is 5.81. The van der Waals surface area contributed by atoms with Gasteiger partial charge in [0.15, 0.2) is 0 Å². The van der Waals surface area contributed by atoms with Gasteiger partial charge in [-0.15, -0.1) is 0 Å². The van der Waals surface area contributed by atoms with Crippen molar-refractivity contribution in [2.75, 3.05) is 7.05 Å². The lowest BCUT2D eigenvalue weighted by Gasteiger charge is -2.22. The summed E-state index contributed by atoms with van der Waals surface area (Å²) in [6, 6.07) is 6.32. The van der Waals surface area contributed by atoms with Crippen LogP contribution in [-0.4, -0.2) is 23.0 Å². The average molecular weight is 213 g/mol. The molecule has 1 heterocycles. The van der Waals surface area contributed by atoms with Crippen LogP contribution in [0.15, 0.2) is 18.2 Å². The summed E-state index contributed by atoms with van der Waals surface area (Å²) in [5, 5.41) is 0.569. The van der Waals surface area contributed by atoms with Gasteiger partial charge in [-0.3, -0.25) is 4.90 Å². The highest BCUT2D eigenvalue weighted by molar-refractivity contribution is 6.29. The van der Waals surface area contributed by atoms with Gasteiger partial charge >= 0.3 is 0 Å². The third kappa shape index (κ3) is 3.28. The number of rotatable bonds is 4. The third-order valence-electron chi connectivity index (χ3n) is 2.53. The molecule has 2 nitrogen and oxygen atoms in total. The molecule has 1 aromatic rings. The van der Waals surface area contributed by atoms with Crippen LogP contribution in [0.4, 0.5) is 0 Å². The largest absolute Gasteiger partial charge is 0.298 e. The van der Waals surface area contributed by atoms with Crippen molar-refractivity contribution in [3.05, 3.63) is 29.0 Å². The Labute approximate surface area is 90.9 Å². The topological polar surface area (TPSA) is 16.1 Å². The molecule has 0 N–H and O–H groups in total. The molecule has 0 aliphatic heterocycles. The number of aromatic nitrogens is 1. The van der Waals surface area contributed by atoms with Crippen LogP contribution in [0.5, 0.6) is 0 Å². The first-order valence-corrected chi connectivity index (χ1v) is 5.33. The molecule has 1 aromatic heterocycles. The summed E-state index contributed by atoms with van der Waals surface area (Å²) >= 11 is 5.81. The first-order valence-electron chi connectivity index (χ1n) is 4.95. The van der Waals surface area contributed by atoms with Crippen LogP contribution < -0.4 is 0 Å². The van der Waals surface area contributed by atoms with Crippen LogP contribution in [0, 0.1) is 0 Å². The van der Waals surface area contributed by atoms with E-state index in [-0.39, 0.29) is 0 Å². The Morgan fingerprint density at radius 2 is 2.21 bits per heavy atom. The van der Waals surface area contributed by atoms with Gasteiger partial charge in [0.05, 0.1) is 5.69 Å². The van der Waals surface area contributed by atoms with Crippen LogP contribution in [0.25, 0.3) is 0 Å². The number of hydrogen-bond acceptors (Lipinski definition) is 2. The maximum Gasteiger partial charge on any atom is 0.129 e. The van der Waals surface area contributed by atoms with Crippen LogP contribution in [0.2, 0.25) is 5.15 Å². The first-order chi connectivity index (χ1) is 6.63. The molecular weight excluding hydrogens is 196 g/mol. The molecule has 0 bridgehead atoms. The Hall–Kier alpha value is -0.600. The van der Waals surface area contributed by atoms with E-state index in [0.29, 0.717) is 11.2 Å². The van der Waals surface area contributed by atoms with Gasteiger partial charge in [-0.1, -0.05) is 24.6 Å². The Morgan fingerprint density at radius 1 is 1.50 bits per heavy atom. The highest BCUT2D eigenvalue weighted by Gasteiger charge is 2.07. The van der Waals surface area contributed by atoms with Gasteiger partial charge in [0.2, 0.25) is 0 Å². The molecule has 1 rings (SSSR count). The standard InChI is InChI=1S/C11H17ClN2/c1-4-9(2)14(3)8-10-6-5-7-11(12)13-10/h5-7,9H,4,8H2,1-3H3. The minimum atomic E-state index is 0.569. The van der Waals surface area contributed by atoms with Crippen LogP contribution in [-0.2, 0) is 6.54 Å². The zero-order valence-electron chi connectivity index (χ0n) is 9.00. The van der Waals surface area contributed by atoms with Crippen molar-refractivity contribution in [1.82, 2.24) is 9.88 Å². The predicted octanol–water partition coefficient (Wildman–Crippen LogP) is 2.97. The van der Waals surface area contributed by atoms with E-state index < -0.39 is 0 Å². The Bertz CT molecular complexity index is 288. The summed E-state index contributed by atoms with van der Waals surface area (Å²) in [7, 11) is 2.11. The van der Waals surface area contributed by atoms with Crippen molar-refractivity contribution in [2.45, 2.75) is 32.9 Å². The molecule has 0 fully saturated rings. The van der Waals surface area contributed by atoms with E-state index in [2.05, 4.69) is 30.8 Å². The molecule has 0 amide bonds. The zero-order chi connectivity index (χ0) is 10.6. The lowest BCUT2D eigenvalue weighted by molar-refractivity contribution is 0.241. The van der Waals surface area contributed by atoms with Crippen molar-refractivity contribution in [2.24, 2.45) is 0 Å². The van der Waals surface area contributed by atoms with E-state index in [1.54, 1.807) is 6.07 Å². The molecule has 0 aliphatic rings. The second-order valence-corrected chi connectivity index (χ2v) is 4.01. The van der Waals surface area contributed by atoms with Gasteiger partial charge < -0.3 is 0 Å². The summed E-state index contributed by atoms with van der Waals surface area (Å²) in [5.41, 5.74) is 1.03. The fourth-order valence-corrected chi connectivity index (χ4v) is 1.44. The maximum atomic E-state index is 5.81. The second kappa shape index (κ2) is 5.32. The summed E-state index contributed by atoms with van der Waals surface area (Å²) in [5.74, 6) is 0. The summed E-state index contributed by atoms with van der Waals surface area (Å²) in [4.78, 5) is 6.53. The quantitative estimate of drug-likeness (QED) is 0.714. The molecule has 0 aliphatic carbocycles. The Morgan fingerprint density at radius 3 is 2.79 bits per heavy atom. The van der Waals surface area contributed by atoms with E-state index in [9.17, 15) is 0 Å². The minimum Gasteiger partial charge on any atom is -0.298 e. The zero-order valence-corrected chi connectivity index (χ0v) is 9.75. The monoisotopic (exact) mass is 212 g/mol. The van der Waals surface area contributed by atoms with E-state index >= 15 is 0 Å². The molecule has 0 saturated carbocycles. The smallest absolute Gasteiger partial charge is 0.129 e. The van der Waals surface area contributed by atoms with Gasteiger partial charge in [0, 0.05) is 12.6 Å². The van der Waals surface area contributed by atoms with Crippen molar-refractivity contribution in [3.63, 3.8) is 0 Å². The highest BCUT2D eigenvalue weighted by atomic mass is 35.5. The number of pyridine rings is 1. The second-order valence-electron chi connectivity index (χ2n) is 3.62. The molecule has 0 saturated heterocycles. The Balaban J connectivity index is 2.60. The molecule has 0 spiro atoms. The normalized spacial score (nSPS) is 13.2. The van der Waals surface area contributed by atoms with Crippen molar-refractivity contribution < 1.29 is 0 Å². The number of halogens is 1. The SMILES string of the molecule is CCC(C)N(C)Cc1cccc(Cl)n1. The van der Waals surface area contributed by atoms with Crippen LogP contribution in [0.1, 0.15) is 26.0 Å². The van der Waals surface area contributed by atoms with E-state index in [1.165, 1.54) is 0 Å². The molecule has 3 heteroatoms. The highest BCUT2D eigenvalue weighted by Crippen LogP contribution is 2.09. The third-order valence-corrected chi connectivity index (χ3v) is 2.74. The molecule has 14 heavy (non-hydrogen) atoms. The van der Waals surface area contributed by atoms with Crippen molar-refractivity contribution in [1.29, 1.82) is 0 Å². The van der Waals surface area contributed by atoms with Crippen LogP contribution >= 0.6 is 11.6 Å². The number of hydrogen-bond donors (Lipinski definition) is 0. The van der Waals surface area contributed by atoms with Gasteiger partial charge in [-0.2, -0.15) is 0 Å². The summed E-state index contributed by atoms with van der Waals surface area (Å²) in [6.45, 7) is 5.26. The average Bonchev–Trinajstić information content (AvgIpc) is 2.16. The van der Waals surface area contributed by atoms with Gasteiger partial charge in [-0.05, 0) is 32.5 Å². The van der Waals surface area contributed by atoms with Crippen molar-refractivity contribution >= 4 is 11.6 Å². The molecule has 78 valence electrons.